The molecule has 25 heavy (non-hydrogen) atoms. The Morgan fingerprint density at radius 2 is 1.08 bits per heavy atom. The second-order valence-corrected chi connectivity index (χ2v) is 8.12. The molecule has 120 valence electrons. The maximum Gasteiger partial charge on any atom is 1.00 e. The molecule has 0 aliphatic rings. The van der Waals surface area contributed by atoms with E-state index in [1.165, 1.54) is 0 Å². The number of hydrogen-bond acceptors (Lipinski definition) is 9. The van der Waals surface area contributed by atoms with Gasteiger partial charge in [0.15, 0.2) is 0 Å². The Balaban J connectivity index is 0. The first-order valence-corrected chi connectivity index (χ1v) is 9.49. The molecule has 0 aliphatic carbocycles. The molecule has 0 unspecified atom stereocenters. The van der Waals surface area contributed by atoms with E-state index in [1.54, 1.807) is 0 Å². The monoisotopic (exact) mass is 434 g/mol. The van der Waals surface area contributed by atoms with E-state index >= 15 is 0 Å². The first-order chi connectivity index (χ1) is 9.83. The average molecular weight is 434 g/mol. The van der Waals surface area contributed by atoms with Crippen LogP contribution in [0.3, 0.4) is 0 Å². The molecule has 2 aromatic carbocycles. The van der Waals surface area contributed by atoms with Crippen molar-refractivity contribution in [3.8, 4) is 0 Å². The van der Waals surface area contributed by atoms with Crippen LogP contribution in [0.1, 0.15) is 0 Å². The van der Waals surface area contributed by atoms with Crippen LogP contribution in [0.25, 0.3) is 10.8 Å². The summed E-state index contributed by atoms with van der Waals surface area (Å²) in [6.07, 6.45) is 0. The van der Waals surface area contributed by atoms with Crippen LogP contribution in [0.2, 0.25) is 0 Å². The van der Waals surface area contributed by atoms with Gasteiger partial charge >= 0.3 is 88.7 Å². The van der Waals surface area contributed by atoms with Gasteiger partial charge in [-0.25, -0.2) is 25.3 Å². The molecule has 15 heteroatoms. The van der Waals surface area contributed by atoms with Crippen LogP contribution in [0.15, 0.2) is 45.0 Å². The standard InChI is InChI=1S/C10H8O9S3.3Na/c11-20(12,13)7-3-1-2-6-4-5-8(21(14,15)16)10(9(6)7)22(17,18)19;;;/h1-5H,(H,11,12,13)(H,14,15,16)(H,17,18,19);;;/q;3*+1/p-3. The Kier molecular flexibility index (Phi) is 11.2. The Morgan fingerprint density at radius 1 is 0.600 bits per heavy atom. The summed E-state index contributed by atoms with van der Waals surface area (Å²) in [5.41, 5.74) is 0. The molecule has 0 aromatic heterocycles. The van der Waals surface area contributed by atoms with E-state index in [1.807, 2.05) is 0 Å². The maximum atomic E-state index is 11.3. The van der Waals surface area contributed by atoms with E-state index in [9.17, 15) is 38.9 Å². The van der Waals surface area contributed by atoms with E-state index in [-0.39, 0.29) is 94.1 Å². The van der Waals surface area contributed by atoms with Gasteiger partial charge in [0.1, 0.15) is 30.4 Å². The van der Waals surface area contributed by atoms with Crippen molar-refractivity contribution in [2.24, 2.45) is 0 Å². The molecule has 0 N–H and O–H groups in total. The van der Waals surface area contributed by atoms with Crippen molar-refractivity contribution in [3.63, 3.8) is 0 Å². The molecule has 0 amide bonds. The van der Waals surface area contributed by atoms with Crippen molar-refractivity contribution in [2.75, 3.05) is 0 Å². The molecular weight excluding hydrogens is 429 g/mol. The fourth-order valence-corrected chi connectivity index (χ4v) is 4.70. The third-order valence-electron chi connectivity index (χ3n) is 2.71. The molecule has 0 radical (unpaired) electrons. The van der Waals surface area contributed by atoms with E-state index < -0.39 is 50.4 Å². The molecule has 0 atom stereocenters. The van der Waals surface area contributed by atoms with Crippen molar-refractivity contribution in [3.05, 3.63) is 30.3 Å². The second kappa shape index (κ2) is 9.76. The van der Waals surface area contributed by atoms with Gasteiger partial charge in [0.05, 0.1) is 14.7 Å². The quantitative estimate of drug-likeness (QED) is 0.336. The Bertz CT molecular complexity index is 1090. The summed E-state index contributed by atoms with van der Waals surface area (Å²) >= 11 is 0. The fraction of sp³-hybridized carbons (Fsp3) is 0. The molecule has 0 saturated carbocycles. The summed E-state index contributed by atoms with van der Waals surface area (Å²) in [4.78, 5) is -4.06. The van der Waals surface area contributed by atoms with Gasteiger partial charge in [0, 0.05) is 5.39 Å². The molecule has 0 bridgehead atoms. The minimum atomic E-state index is -5.56. The summed E-state index contributed by atoms with van der Waals surface area (Å²) in [5, 5.41) is -1.11. The third-order valence-corrected chi connectivity index (χ3v) is 5.52. The molecule has 9 nitrogen and oxygen atoms in total. The summed E-state index contributed by atoms with van der Waals surface area (Å²) in [6, 6.07) is 4.44. The SMILES string of the molecule is O=S(=O)([O-])c1ccc2cccc(S(=O)(=O)[O-])c2c1S(=O)(=O)[O-].[Na+].[Na+].[Na+]. The minimum absolute atomic E-state index is 0. The number of benzene rings is 2. The molecule has 0 aliphatic heterocycles. The zero-order chi connectivity index (χ0) is 16.9. The third kappa shape index (κ3) is 6.48. The number of fused-ring (bicyclic) bond motifs is 1. The predicted octanol–water partition coefficient (Wildman–Crippen LogP) is -9.44. The minimum Gasteiger partial charge on any atom is -0.744 e. The Morgan fingerprint density at radius 3 is 1.48 bits per heavy atom. The van der Waals surface area contributed by atoms with E-state index in [0.717, 1.165) is 18.2 Å². The zero-order valence-corrected chi connectivity index (χ0v) is 21.7. The fourth-order valence-electron chi connectivity index (χ4n) is 1.95. The number of hydrogen-bond donors (Lipinski definition) is 0. The summed E-state index contributed by atoms with van der Waals surface area (Å²) in [6.45, 7) is 0. The van der Waals surface area contributed by atoms with Crippen LogP contribution in [0, 0.1) is 0 Å². The van der Waals surface area contributed by atoms with E-state index in [2.05, 4.69) is 0 Å². The van der Waals surface area contributed by atoms with Gasteiger partial charge < -0.3 is 13.7 Å². The van der Waals surface area contributed by atoms with Crippen molar-refractivity contribution in [2.45, 2.75) is 14.7 Å². The number of rotatable bonds is 3. The molecule has 0 spiro atoms. The largest absolute Gasteiger partial charge is 1.00 e. The van der Waals surface area contributed by atoms with Crippen molar-refractivity contribution in [1.82, 2.24) is 0 Å². The summed E-state index contributed by atoms with van der Waals surface area (Å²) in [7, 11) is -16.2. The van der Waals surface area contributed by atoms with E-state index in [0.29, 0.717) is 12.1 Å². The van der Waals surface area contributed by atoms with Gasteiger partial charge in [0.2, 0.25) is 0 Å². The van der Waals surface area contributed by atoms with Crippen LogP contribution in [0.4, 0.5) is 0 Å². The van der Waals surface area contributed by atoms with Crippen LogP contribution in [0.5, 0.6) is 0 Å². The topological polar surface area (TPSA) is 172 Å². The van der Waals surface area contributed by atoms with Gasteiger partial charge in [-0.1, -0.05) is 18.2 Å². The van der Waals surface area contributed by atoms with Crippen LogP contribution in [-0.2, 0) is 30.4 Å². The Labute approximate surface area is 210 Å². The molecule has 2 rings (SSSR count). The zero-order valence-electron chi connectivity index (χ0n) is 13.3. The van der Waals surface area contributed by atoms with Gasteiger partial charge in [0.25, 0.3) is 0 Å². The first-order valence-electron chi connectivity index (χ1n) is 5.27. The van der Waals surface area contributed by atoms with Gasteiger partial charge in [-0.3, -0.25) is 0 Å². The van der Waals surface area contributed by atoms with Crippen LogP contribution in [-0.4, -0.2) is 38.9 Å². The normalized spacial score (nSPS) is 11.8. The first kappa shape index (κ1) is 28.6. The molecule has 0 heterocycles. The molecule has 0 saturated heterocycles. The van der Waals surface area contributed by atoms with Crippen LogP contribution >= 0.6 is 0 Å². The van der Waals surface area contributed by atoms with E-state index in [4.69, 9.17) is 0 Å². The Hall–Kier alpha value is 1.43. The van der Waals surface area contributed by atoms with Crippen LogP contribution < -0.4 is 88.7 Å². The predicted molar refractivity (Wildman–Crippen MR) is 67.8 cm³/mol. The maximum absolute atomic E-state index is 11.3. The van der Waals surface area contributed by atoms with Crippen molar-refractivity contribution in [1.29, 1.82) is 0 Å². The smallest absolute Gasteiger partial charge is 0.744 e. The molecule has 0 fully saturated rings. The van der Waals surface area contributed by atoms with Gasteiger partial charge in [-0.15, -0.1) is 0 Å². The second-order valence-electron chi connectivity index (χ2n) is 4.11. The van der Waals surface area contributed by atoms with Crippen molar-refractivity contribution >= 4 is 41.1 Å². The summed E-state index contributed by atoms with van der Waals surface area (Å²) < 4.78 is 101. The van der Waals surface area contributed by atoms with Crippen molar-refractivity contribution < 1.29 is 128 Å². The molecule has 2 aromatic rings. The molecular formula is C10H5Na3O9S3. The average Bonchev–Trinajstić information content (AvgIpc) is 2.33. The van der Waals surface area contributed by atoms with Gasteiger partial charge in [-0.2, -0.15) is 0 Å². The summed E-state index contributed by atoms with van der Waals surface area (Å²) in [5.74, 6) is 0. The van der Waals surface area contributed by atoms with Gasteiger partial charge in [-0.05, 0) is 17.5 Å².